The highest BCUT2D eigenvalue weighted by molar-refractivity contribution is 6.08. The van der Waals surface area contributed by atoms with Gasteiger partial charge >= 0.3 is 5.97 Å². The van der Waals surface area contributed by atoms with Crippen LogP contribution in [0.3, 0.4) is 0 Å². The fourth-order valence-corrected chi connectivity index (χ4v) is 2.87. The van der Waals surface area contributed by atoms with Crippen LogP contribution in [-0.4, -0.2) is 15.6 Å². The van der Waals surface area contributed by atoms with Crippen molar-refractivity contribution in [2.75, 3.05) is 0 Å². The van der Waals surface area contributed by atoms with E-state index >= 15 is 0 Å². The van der Waals surface area contributed by atoms with Crippen LogP contribution in [0, 0.1) is 5.82 Å². The summed E-state index contributed by atoms with van der Waals surface area (Å²) < 4.78 is 14.9. The molecule has 22 heavy (non-hydrogen) atoms. The Morgan fingerprint density at radius 3 is 2.45 bits per heavy atom. The fourth-order valence-electron chi connectivity index (χ4n) is 2.87. The van der Waals surface area contributed by atoms with Crippen LogP contribution in [0.15, 0.2) is 42.5 Å². The molecular weight excluding hydrogens is 281 g/mol. The number of halogens is 1. The van der Waals surface area contributed by atoms with Crippen molar-refractivity contribution in [1.29, 1.82) is 0 Å². The molecule has 112 valence electrons. The lowest BCUT2D eigenvalue weighted by Gasteiger charge is -2.04. The largest absolute Gasteiger partial charge is 0.477 e. The fraction of sp³-hybridized carbons (Fsp3) is 0.167. The van der Waals surface area contributed by atoms with E-state index < -0.39 is 5.97 Å². The van der Waals surface area contributed by atoms with Gasteiger partial charge < -0.3 is 9.67 Å². The summed E-state index contributed by atoms with van der Waals surface area (Å²) in [6.07, 6.45) is 0.871. The number of carbonyl (C=O) groups is 1. The second kappa shape index (κ2) is 5.30. The number of benzene rings is 2. The molecule has 0 amide bonds. The average Bonchev–Trinajstić information content (AvgIpc) is 2.80. The molecule has 0 spiro atoms. The zero-order valence-electron chi connectivity index (χ0n) is 12.4. The monoisotopic (exact) mass is 297 g/mol. The molecule has 3 rings (SSSR count). The van der Waals surface area contributed by atoms with Crippen LogP contribution in [0.4, 0.5) is 4.39 Å². The van der Waals surface area contributed by atoms with Gasteiger partial charge in [-0.2, -0.15) is 0 Å². The minimum Gasteiger partial charge on any atom is -0.477 e. The summed E-state index contributed by atoms with van der Waals surface area (Å²) in [5.41, 5.74) is 3.56. The molecule has 0 unspecified atom stereocenters. The maximum Gasteiger partial charge on any atom is 0.353 e. The summed E-state index contributed by atoms with van der Waals surface area (Å²) >= 11 is 0. The van der Waals surface area contributed by atoms with Gasteiger partial charge in [0.2, 0.25) is 0 Å². The maximum atomic E-state index is 13.2. The first-order chi connectivity index (χ1) is 10.5. The molecule has 0 aliphatic heterocycles. The van der Waals surface area contributed by atoms with E-state index in [1.165, 1.54) is 12.1 Å². The topological polar surface area (TPSA) is 42.2 Å². The third-order valence-corrected chi connectivity index (χ3v) is 4.01. The van der Waals surface area contributed by atoms with Crippen molar-refractivity contribution in [3.05, 3.63) is 59.5 Å². The van der Waals surface area contributed by atoms with Crippen molar-refractivity contribution in [3.63, 3.8) is 0 Å². The van der Waals surface area contributed by atoms with Gasteiger partial charge in [-0.1, -0.05) is 25.1 Å². The van der Waals surface area contributed by atoms with E-state index in [0.717, 1.165) is 22.9 Å². The second-order valence-electron chi connectivity index (χ2n) is 5.30. The molecule has 2 aromatic carbocycles. The van der Waals surface area contributed by atoms with Gasteiger partial charge in [-0.15, -0.1) is 0 Å². The van der Waals surface area contributed by atoms with Crippen molar-refractivity contribution < 1.29 is 14.3 Å². The Hall–Kier alpha value is -2.62. The van der Waals surface area contributed by atoms with E-state index in [2.05, 4.69) is 6.92 Å². The number of hydrogen-bond acceptors (Lipinski definition) is 1. The van der Waals surface area contributed by atoms with Crippen molar-refractivity contribution in [1.82, 2.24) is 4.57 Å². The van der Waals surface area contributed by atoms with E-state index in [0.29, 0.717) is 11.1 Å². The number of rotatable bonds is 3. The van der Waals surface area contributed by atoms with E-state index in [-0.39, 0.29) is 11.5 Å². The Bertz CT molecular complexity index is 863. The molecule has 0 fully saturated rings. The van der Waals surface area contributed by atoms with Gasteiger partial charge in [-0.05, 0) is 41.8 Å². The summed E-state index contributed by atoms with van der Waals surface area (Å²) in [5, 5.41) is 10.5. The van der Waals surface area contributed by atoms with Gasteiger partial charge in [-0.25, -0.2) is 9.18 Å². The minimum absolute atomic E-state index is 0.217. The van der Waals surface area contributed by atoms with Crippen LogP contribution < -0.4 is 0 Å². The number of aryl methyl sites for hydroxylation is 2. The maximum absolute atomic E-state index is 13.2. The molecule has 0 aliphatic carbocycles. The summed E-state index contributed by atoms with van der Waals surface area (Å²) in [5.74, 6) is -1.33. The average molecular weight is 297 g/mol. The summed E-state index contributed by atoms with van der Waals surface area (Å²) in [4.78, 5) is 11.7. The molecule has 3 nitrogen and oxygen atoms in total. The molecule has 0 radical (unpaired) electrons. The van der Waals surface area contributed by atoms with Crippen LogP contribution >= 0.6 is 0 Å². The first-order valence-corrected chi connectivity index (χ1v) is 7.13. The third-order valence-electron chi connectivity index (χ3n) is 4.01. The molecule has 0 saturated carbocycles. The lowest BCUT2D eigenvalue weighted by Crippen LogP contribution is -2.05. The molecule has 3 aromatic rings. The van der Waals surface area contributed by atoms with Crippen molar-refractivity contribution >= 4 is 16.9 Å². The van der Waals surface area contributed by atoms with Crippen LogP contribution in [0.2, 0.25) is 0 Å². The van der Waals surface area contributed by atoms with Gasteiger partial charge in [0.15, 0.2) is 0 Å². The van der Waals surface area contributed by atoms with E-state index in [1.807, 2.05) is 18.2 Å². The first kappa shape index (κ1) is 14.3. The smallest absolute Gasteiger partial charge is 0.353 e. The number of carboxylic acid groups (broad SMARTS) is 1. The minimum atomic E-state index is -0.990. The summed E-state index contributed by atoms with van der Waals surface area (Å²) in [6, 6.07) is 11.9. The van der Waals surface area contributed by atoms with E-state index in [4.69, 9.17) is 0 Å². The lowest BCUT2D eigenvalue weighted by molar-refractivity contribution is 0.0688. The Morgan fingerprint density at radius 2 is 1.86 bits per heavy atom. The summed E-state index contributed by atoms with van der Waals surface area (Å²) in [7, 11) is 1.74. The first-order valence-electron chi connectivity index (χ1n) is 7.13. The molecular formula is C18H16FNO2. The standard InChI is InChI=1S/C18H16FNO2/c1-3-11-4-9-15-14(10-11)16(17(18(21)22)20(15)2)12-5-7-13(19)8-6-12/h4-10H,3H2,1-2H3,(H,21,22). The van der Waals surface area contributed by atoms with Gasteiger partial charge in [0, 0.05) is 23.5 Å². The number of hydrogen-bond donors (Lipinski definition) is 1. The predicted molar refractivity (Wildman–Crippen MR) is 84.7 cm³/mol. The van der Waals surface area contributed by atoms with Crippen molar-refractivity contribution in [3.8, 4) is 11.1 Å². The Labute approximate surface area is 127 Å². The Morgan fingerprint density at radius 1 is 1.18 bits per heavy atom. The van der Waals surface area contributed by atoms with Crippen molar-refractivity contribution in [2.24, 2.45) is 7.05 Å². The highest BCUT2D eigenvalue weighted by Crippen LogP contribution is 2.35. The number of fused-ring (bicyclic) bond motifs is 1. The quantitative estimate of drug-likeness (QED) is 0.785. The molecule has 0 atom stereocenters. The normalized spacial score (nSPS) is 11.0. The van der Waals surface area contributed by atoms with E-state index in [1.54, 1.807) is 23.7 Å². The summed E-state index contributed by atoms with van der Waals surface area (Å²) in [6.45, 7) is 2.06. The Kier molecular flexibility index (Phi) is 3.45. The van der Waals surface area contributed by atoms with Gasteiger partial charge in [0.05, 0.1) is 0 Å². The van der Waals surface area contributed by atoms with E-state index in [9.17, 15) is 14.3 Å². The zero-order chi connectivity index (χ0) is 15.9. The molecule has 0 saturated heterocycles. The van der Waals surface area contributed by atoms with Crippen molar-refractivity contribution in [2.45, 2.75) is 13.3 Å². The molecule has 1 aromatic heterocycles. The Balaban J connectivity index is 2.41. The molecule has 1 N–H and O–H groups in total. The van der Waals surface area contributed by atoms with Gasteiger partial charge in [-0.3, -0.25) is 0 Å². The van der Waals surface area contributed by atoms with Crippen LogP contribution in [-0.2, 0) is 13.5 Å². The molecule has 4 heteroatoms. The highest BCUT2D eigenvalue weighted by Gasteiger charge is 2.21. The SMILES string of the molecule is CCc1ccc2c(c1)c(-c1ccc(F)cc1)c(C(=O)O)n2C. The number of carboxylic acids is 1. The molecule has 0 aliphatic rings. The predicted octanol–water partition coefficient (Wildman–Crippen LogP) is 4.25. The highest BCUT2D eigenvalue weighted by atomic mass is 19.1. The number of aromatic carboxylic acids is 1. The molecule has 0 bridgehead atoms. The lowest BCUT2D eigenvalue weighted by atomic mass is 10.00. The van der Waals surface area contributed by atoms with Gasteiger partial charge in [0.25, 0.3) is 0 Å². The van der Waals surface area contributed by atoms with Crippen LogP contribution in [0.25, 0.3) is 22.0 Å². The van der Waals surface area contributed by atoms with Crippen LogP contribution in [0.1, 0.15) is 23.0 Å². The third kappa shape index (κ3) is 2.17. The number of nitrogens with zero attached hydrogens (tertiary/aromatic N) is 1. The number of aromatic nitrogens is 1. The zero-order valence-corrected chi connectivity index (χ0v) is 12.4. The van der Waals surface area contributed by atoms with Gasteiger partial charge in [0.1, 0.15) is 11.5 Å². The van der Waals surface area contributed by atoms with Crippen LogP contribution in [0.5, 0.6) is 0 Å². The second-order valence-corrected chi connectivity index (χ2v) is 5.30. The molecule has 1 heterocycles.